The molecule has 1 aliphatic heterocycles. The quantitative estimate of drug-likeness (QED) is 0.802. The summed E-state index contributed by atoms with van der Waals surface area (Å²) < 4.78 is 1.97. The lowest BCUT2D eigenvalue weighted by Crippen LogP contribution is -2.33. The maximum absolute atomic E-state index is 12.1. The Morgan fingerprint density at radius 1 is 1.45 bits per heavy atom. The van der Waals surface area contributed by atoms with Crippen LogP contribution in [-0.4, -0.2) is 39.4 Å². The van der Waals surface area contributed by atoms with Crippen molar-refractivity contribution in [2.24, 2.45) is 5.92 Å². The van der Waals surface area contributed by atoms with Crippen LogP contribution < -0.4 is 10.2 Å². The summed E-state index contributed by atoms with van der Waals surface area (Å²) in [6.45, 7) is 1.83. The summed E-state index contributed by atoms with van der Waals surface area (Å²) >= 11 is 1.41. The Kier molecular flexibility index (Phi) is 4.47. The fourth-order valence-corrected chi connectivity index (χ4v) is 3.12. The van der Waals surface area contributed by atoms with Crippen LogP contribution in [0.25, 0.3) is 0 Å². The Labute approximate surface area is 132 Å². The molecule has 1 fully saturated rings. The van der Waals surface area contributed by atoms with E-state index in [4.69, 9.17) is 0 Å². The van der Waals surface area contributed by atoms with Gasteiger partial charge in [-0.05, 0) is 6.42 Å². The number of anilines is 1. The van der Waals surface area contributed by atoms with Gasteiger partial charge in [-0.2, -0.15) is 0 Å². The van der Waals surface area contributed by atoms with Gasteiger partial charge in [0.1, 0.15) is 0 Å². The maximum Gasteiger partial charge on any atom is 0.229 e. The van der Waals surface area contributed by atoms with Gasteiger partial charge in [-0.3, -0.25) is 14.5 Å². The van der Waals surface area contributed by atoms with Gasteiger partial charge >= 0.3 is 0 Å². The zero-order valence-electron chi connectivity index (χ0n) is 12.0. The number of nitrogens with one attached hydrogen (secondary N) is 1. The molecule has 1 atom stereocenters. The Balaban J connectivity index is 1.44. The highest BCUT2D eigenvalue weighted by Crippen LogP contribution is 2.26. The average Bonchev–Trinajstić information content (AvgIpc) is 3.24. The van der Waals surface area contributed by atoms with Crippen LogP contribution in [0.15, 0.2) is 30.3 Å². The van der Waals surface area contributed by atoms with Crippen LogP contribution in [0.3, 0.4) is 0 Å². The van der Waals surface area contributed by atoms with Crippen LogP contribution in [-0.2, 0) is 16.1 Å². The number of carbonyl (C=O) groups is 2. The topological polar surface area (TPSA) is 80.1 Å². The van der Waals surface area contributed by atoms with Gasteiger partial charge in [-0.15, -0.1) is 11.3 Å². The SMILES string of the molecule is O=C(NCCCn1ccnc1)C1CC(=O)N(c2nccs2)C1. The van der Waals surface area contributed by atoms with Gasteiger partial charge in [0.05, 0.1) is 12.2 Å². The first-order valence-electron chi connectivity index (χ1n) is 7.17. The van der Waals surface area contributed by atoms with E-state index in [2.05, 4.69) is 15.3 Å². The molecule has 2 aromatic heterocycles. The van der Waals surface area contributed by atoms with E-state index in [0.29, 0.717) is 18.2 Å². The molecule has 22 heavy (non-hydrogen) atoms. The molecule has 2 aromatic rings. The predicted molar refractivity (Wildman–Crippen MR) is 82.4 cm³/mol. The van der Waals surface area contributed by atoms with Crippen molar-refractivity contribution in [2.75, 3.05) is 18.0 Å². The molecular weight excluding hydrogens is 302 g/mol. The molecule has 1 unspecified atom stereocenters. The summed E-state index contributed by atoms with van der Waals surface area (Å²) in [6.07, 6.45) is 8.13. The summed E-state index contributed by atoms with van der Waals surface area (Å²) in [4.78, 5) is 33.8. The van der Waals surface area contributed by atoms with Gasteiger partial charge in [0.2, 0.25) is 11.8 Å². The zero-order valence-corrected chi connectivity index (χ0v) is 12.8. The highest BCUT2D eigenvalue weighted by molar-refractivity contribution is 7.13. The number of aromatic nitrogens is 3. The number of aryl methyl sites for hydroxylation is 1. The van der Waals surface area contributed by atoms with Crippen LogP contribution in [0.2, 0.25) is 0 Å². The number of hydrogen-bond donors (Lipinski definition) is 1. The average molecular weight is 319 g/mol. The molecule has 7 nitrogen and oxygen atoms in total. The first-order valence-corrected chi connectivity index (χ1v) is 8.05. The molecule has 0 aromatic carbocycles. The first-order chi connectivity index (χ1) is 10.7. The summed E-state index contributed by atoms with van der Waals surface area (Å²) in [5, 5.41) is 5.40. The molecule has 1 N–H and O–H groups in total. The van der Waals surface area contributed by atoms with Gasteiger partial charge in [-0.1, -0.05) is 0 Å². The normalized spacial score (nSPS) is 17.9. The number of amides is 2. The molecule has 0 spiro atoms. The van der Waals surface area contributed by atoms with Crippen LogP contribution >= 0.6 is 11.3 Å². The fourth-order valence-electron chi connectivity index (χ4n) is 2.45. The van der Waals surface area contributed by atoms with Crippen molar-refractivity contribution in [2.45, 2.75) is 19.4 Å². The molecule has 0 saturated carbocycles. The Bertz CT molecular complexity index is 626. The number of hydrogen-bond acceptors (Lipinski definition) is 5. The van der Waals surface area contributed by atoms with Crippen molar-refractivity contribution in [1.29, 1.82) is 0 Å². The fraction of sp³-hybridized carbons (Fsp3) is 0.429. The van der Waals surface area contributed by atoms with E-state index in [1.165, 1.54) is 11.3 Å². The number of carbonyl (C=O) groups excluding carboxylic acids is 2. The summed E-state index contributed by atoms with van der Waals surface area (Å²) in [7, 11) is 0. The van der Waals surface area contributed by atoms with E-state index in [1.54, 1.807) is 23.6 Å². The second-order valence-electron chi connectivity index (χ2n) is 5.17. The van der Waals surface area contributed by atoms with Crippen molar-refractivity contribution >= 4 is 28.3 Å². The largest absolute Gasteiger partial charge is 0.356 e. The number of rotatable bonds is 6. The number of nitrogens with zero attached hydrogens (tertiary/aromatic N) is 4. The second-order valence-corrected chi connectivity index (χ2v) is 6.04. The lowest BCUT2D eigenvalue weighted by molar-refractivity contribution is -0.126. The summed E-state index contributed by atoms with van der Waals surface area (Å²) in [6, 6.07) is 0. The summed E-state index contributed by atoms with van der Waals surface area (Å²) in [5.74, 6) is -0.379. The minimum atomic E-state index is -0.287. The minimum absolute atomic E-state index is 0.0338. The smallest absolute Gasteiger partial charge is 0.229 e. The van der Waals surface area contributed by atoms with E-state index in [-0.39, 0.29) is 24.2 Å². The van der Waals surface area contributed by atoms with Crippen LogP contribution in [0, 0.1) is 5.92 Å². The van der Waals surface area contributed by atoms with Gasteiger partial charge in [0.15, 0.2) is 5.13 Å². The second kappa shape index (κ2) is 6.69. The van der Waals surface area contributed by atoms with Crippen molar-refractivity contribution in [1.82, 2.24) is 19.9 Å². The Hall–Kier alpha value is -2.22. The molecule has 116 valence electrons. The van der Waals surface area contributed by atoms with E-state index in [1.807, 2.05) is 16.1 Å². The molecule has 0 radical (unpaired) electrons. The molecule has 3 heterocycles. The van der Waals surface area contributed by atoms with Crippen LogP contribution in [0.1, 0.15) is 12.8 Å². The Morgan fingerprint density at radius 3 is 3.09 bits per heavy atom. The lowest BCUT2D eigenvalue weighted by atomic mass is 10.1. The third kappa shape index (κ3) is 3.33. The third-order valence-electron chi connectivity index (χ3n) is 3.60. The zero-order chi connectivity index (χ0) is 15.4. The minimum Gasteiger partial charge on any atom is -0.356 e. The van der Waals surface area contributed by atoms with Crippen LogP contribution in [0.5, 0.6) is 0 Å². The van der Waals surface area contributed by atoms with E-state index in [9.17, 15) is 9.59 Å². The monoisotopic (exact) mass is 319 g/mol. The number of imidazole rings is 1. The first kappa shape index (κ1) is 14.7. The van der Waals surface area contributed by atoms with Gasteiger partial charge in [0.25, 0.3) is 0 Å². The molecular formula is C14H17N5O2S. The van der Waals surface area contributed by atoms with Crippen molar-refractivity contribution in [3.63, 3.8) is 0 Å². The van der Waals surface area contributed by atoms with Crippen molar-refractivity contribution < 1.29 is 9.59 Å². The van der Waals surface area contributed by atoms with Crippen molar-refractivity contribution in [3.8, 4) is 0 Å². The maximum atomic E-state index is 12.1. The standard InChI is InChI=1S/C14H17N5O2S/c20-12-8-11(9-19(12)14-17-4-7-22-14)13(21)16-2-1-5-18-6-3-15-10-18/h3-4,6-7,10-11H,1-2,5,8-9H2,(H,16,21). The molecule has 1 aliphatic rings. The van der Waals surface area contributed by atoms with Crippen LogP contribution in [0.4, 0.5) is 5.13 Å². The lowest BCUT2D eigenvalue weighted by Gasteiger charge is -2.13. The van der Waals surface area contributed by atoms with E-state index >= 15 is 0 Å². The molecule has 2 amide bonds. The Morgan fingerprint density at radius 2 is 2.36 bits per heavy atom. The number of thiazole rings is 1. The third-order valence-corrected chi connectivity index (χ3v) is 4.39. The van der Waals surface area contributed by atoms with Gasteiger partial charge < -0.3 is 9.88 Å². The van der Waals surface area contributed by atoms with Crippen molar-refractivity contribution in [3.05, 3.63) is 30.3 Å². The van der Waals surface area contributed by atoms with E-state index in [0.717, 1.165) is 13.0 Å². The summed E-state index contributed by atoms with van der Waals surface area (Å²) in [5.41, 5.74) is 0. The molecule has 0 bridgehead atoms. The van der Waals surface area contributed by atoms with Gasteiger partial charge in [0, 0.05) is 50.0 Å². The molecule has 1 saturated heterocycles. The van der Waals surface area contributed by atoms with Gasteiger partial charge in [-0.25, -0.2) is 9.97 Å². The molecule has 0 aliphatic carbocycles. The molecule has 8 heteroatoms. The van der Waals surface area contributed by atoms with E-state index < -0.39 is 0 Å². The highest BCUT2D eigenvalue weighted by atomic mass is 32.1. The predicted octanol–water partition coefficient (Wildman–Crippen LogP) is 0.899. The molecule has 3 rings (SSSR count). The highest BCUT2D eigenvalue weighted by Gasteiger charge is 2.35.